The molecule has 26 heavy (non-hydrogen) atoms. The van der Waals surface area contributed by atoms with E-state index in [9.17, 15) is 9.59 Å². The predicted molar refractivity (Wildman–Crippen MR) is 98.6 cm³/mol. The van der Waals surface area contributed by atoms with Crippen molar-refractivity contribution in [2.45, 2.75) is 64.7 Å². The first kappa shape index (κ1) is 17.0. The van der Waals surface area contributed by atoms with Crippen molar-refractivity contribution in [2.75, 3.05) is 5.32 Å². The molecule has 0 spiro atoms. The standard InChI is InChI=1S/C19H25N5O2/c1-11-12(2)20-19(22-17(11)25)24-16(10-15(23-24)13-8-9-13)21-18(26)14-6-4-3-5-7-14/h10,13-14H,3-9H2,1-2H3,(H,21,26)(H,20,22,25). The Morgan fingerprint density at radius 2 is 1.92 bits per heavy atom. The van der Waals surface area contributed by atoms with Gasteiger partial charge in [0.15, 0.2) is 0 Å². The zero-order chi connectivity index (χ0) is 18.3. The Balaban J connectivity index is 1.67. The van der Waals surface area contributed by atoms with Gasteiger partial charge in [0.25, 0.3) is 5.56 Å². The van der Waals surface area contributed by atoms with E-state index >= 15 is 0 Å². The number of hydrogen-bond acceptors (Lipinski definition) is 4. The fraction of sp³-hybridized carbons (Fsp3) is 0.579. The van der Waals surface area contributed by atoms with Gasteiger partial charge in [-0.25, -0.2) is 4.98 Å². The average molecular weight is 355 g/mol. The first-order valence-electron chi connectivity index (χ1n) is 9.51. The Kier molecular flexibility index (Phi) is 4.38. The van der Waals surface area contributed by atoms with E-state index in [1.807, 2.05) is 6.07 Å². The van der Waals surface area contributed by atoms with E-state index in [1.165, 1.54) is 6.42 Å². The number of amides is 1. The molecule has 2 aromatic rings. The van der Waals surface area contributed by atoms with Crippen molar-refractivity contribution in [2.24, 2.45) is 5.92 Å². The maximum Gasteiger partial charge on any atom is 0.255 e. The second kappa shape index (κ2) is 6.70. The van der Waals surface area contributed by atoms with Crippen molar-refractivity contribution < 1.29 is 4.79 Å². The van der Waals surface area contributed by atoms with Gasteiger partial charge in [0, 0.05) is 29.2 Å². The second-order valence-electron chi connectivity index (χ2n) is 7.56. The number of rotatable bonds is 4. The van der Waals surface area contributed by atoms with Crippen LogP contribution in [0.15, 0.2) is 10.9 Å². The van der Waals surface area contributed by atoms with Gasteiger partial charge >= 0.3 is 0 Å². The molecule has 0 saturated heterocycles. The molecule has 0 aliphatic heterocycles. The smallest absolute Gasteiger partial charge is 0.255 e. The number of hydrogen-bond donors (Lipinski definition) is 2. The van der Waals surface area contributed by atoms with Crippen LogP contribution >= 0.6 is 0 Å². The molecule has 1 amide bonds. The van der Waals surface area contributed by atoms with Gasteiger partial charge in [-0.2, -0.15) is 9.78 Å². The predicted octanol–water partition coefficient (Wildman–Crippen LogP) is 2.97. The third-order valence-electron chi connectivity index (χ3n) is 5.53. The average Bonchev–Trinajstić information content (AvgIpc) is 3.41. The zero-order valence-corrected chi connectivity index (χ0v) is 15.3. The van der Waals surface area contributed by atoms with Crippen molar-refractivity contribution >= 4 is 11.7 Å². The molecule has 138 valence electrons. The first-order chi connectivity index (χ1) is 12.5. The van der Waals surface area contributed by atoms with Crippen LogP contribution in [0.1, 0.15) is 67.8 Å². The molecule has 0 unspecified atom stereocenters. The molecule has 2 heterocycles. The molecule has 2 fully saturated rings. The largest absolute Gasteiger partial charge is 0.310 e. The van der Waals surface area contributed by atoms with E-state index in [0.717, 1.165) is 44.2 Å². The highest BCUT2D eigenvalue weighted by Gasteiger charge is 2.29. The summed E-state index contributed by atoms with van der Waals surface area (Å²) in [7, 11) is 0. The van der Waals surface area contributed by atoms with Crippen molar-refractivity contribution in [3.8, 4) is 5.95 Å². The summed E-state index contributed by atoms with van der Waals surface area (Å²) < 4.78 is 1.57. The fourth-order valence-corrected chi connectivity index (χ4v) is 3.55. The lowest BCUT2D eigenvalue weighted by atomic mass is 9.89. The van der Waals surface area contributed by atoms with Crippen LogP contribution in [0.2, 0.25) is 0 Å². The van der Waals surface area contributed by atoms with Crippen LogP contribution in [0.5, 0.6) is 0 Å². The summed E-state index contributed by atoms with van der Waals surface area (Å²) >= 11 is 0. The molecule has 7 heteroatoms. The lowest BCUT2D eigenvalue weighted by Gasteiger charge is -2.20. The van der Waals surface area contributed by atoms with E-state index in [-0.39, 0.29) is 17.4 Å². The number of aromatic nitrogens is 4. The SMILES string of the molecule is Cc1nc(-n2nc(C3CC3)cc2NC(=O)C2CCCCC2)[nH]c(=O)c1C. The minimum Gasteiger partial charge on any atom is -0.310 e. The summed E-state index contributed by atoms with van der Waals surface area (Å²) in [5.74, 6) is 1.49. The highest BCUT2D eigenvalue weighted by atomic mass is 16.2. The summed E-state index contributed by atoms with van der Waals surface area (Å²) in [6.45, 7) is 3.55. The summed E-state index contributed by atoms with van der Waals surface area (Å²) in [6.07, 6.45) is 7.53. The molecular formula is C19H25N5O2. The van der Waals surface area contributed by atoms with Crippen molar-refractivity contribution in [3.05, 3.63) is 33.4 Å². The number of anilines is 1. The molecule has 0 radical (unpaired) electrons. The lowest BCUT2D eigenvalue weighted by molar-refractivity contribution is -0.120. The zero-order valence-electron chi connectivity index (χ0n) is 15.3. The van der Waals surface area contributed by atoms with Crippen LogP contribution in [0, 0.1) is 19.8 Å². The van der Waals surface area contributed by atoms with E-state index in [4.69, 9.17) is 0 Å². The number of nitrogens with one attached hydrogen (secondary N) is 2. The topological polar surface area (TPSA) is 92.7 Å². The third kappa shape index (κ3) is 3.30. The number of nitrogens with zero attached hydrogens (tertiary/aromatic N) is 3. The number of H-pyrrole nitrogens is 1. The van der Waals surface area contributed by atoms with Gasteiger partial charge < -0.3 is 5.32 Å². The van der Waals surface area contributed by atoms with Gasteiger partial charge in [-0.05, 0) is 39.5 Å². The first-order valence-corrected chi connectivity index (χ1v) is 9.51. The number of carbonyl (C=O) groups excluding carboxylic acids is 1. The second-order valence-corrected chi connectivity index (χ2v) is 7.56. The molecule has 2 aliphatic carbocycles. The quantitative estimate of drug-likeness (QED) is 0.882. The number of aromatic amines is 1. The third-order valence-corrected chi connectivity index (χ3v) is 5.53. The van der Waals surface area contributed by atoms with Crippen LogP contribution in [0.4, 0.5) is 5.82 Å². The van der Waals surface area contributed by atoms with Gasteiger partial charge in [-0.3, -0.25) is 14.6 Å². The van der Waals surface area contributed by atoms with Crippen LogP contribution in [-0.2, 0) is 4.79 Å². The Morgan fingerprint density at radius 3 is 2.58 bits per heavy atom. The van der Waals surface area contributed by atoms with Gasteiger partial charge in [0.1, 0.15) is 5.82 Å². The van der Waals surface area contributed by atoms with Crippen LogP contribution < -0.4 is 10.9 Å². The van der Waals surface area contributed by atoms with E-state index in [1.54, 1.807) is 18.5 Å². The van der Waals surface area contributed by atoms with Gasteiger partial charge in [-0.15, -0.1) is 0 Å². The minimum atomic E-state index is -0.180. The Bertz CT molecular complexity index is 888. The van der Waals surface area contributed by atoms with E-state index < -0.39 is 0 Å². The Hall–Kier alpha value is -2.44. The molecular weight excluding hydrogens is 330 g/mol. The summed E-state index contributed by atoms with van der Waals surface area (Å²) in [5.41, 5.74) is 2.03. The maximum atomic E-state index is 12.7. The molecule has 7 nitrogen and oxygen atoms in total. The number of carbonyl (C=O) groups is 1. The summed E-state index contributed by atoms with van der Waals surface area (Å²) in [6, 6.07) is 1.92. The van der Waals surface area contributed by atoms with Gasteiger partial charge in [0.05, 0.1) is 5.69 Å². The van der Waals surface area contributed by atoms with Crippen molar-refractivity contribution in [1.29, 1.82) is 0 Å². The molecule has 2 saturated carbocycles. The van der Waals surface area contributed by atoms with Gasteiger partial charge in [0.2, 0.25) is 11.9 Å². The molecule has 0 aromatic carbocycles. The molecule has 4 rings (SSSR count). The minimum absolute atomic E-state index is 0.0411. The Labute approximate surface area is 152 Å². The van der Waals surface area contributed by atoms with Crippen molar-refractivity contribution in [3.63, 3.8) is 0 Å². The normalized spacial score (nSPS) is 18.1. The molecule has 0 atom stereocenters. The monoisotopic (exact) mass is 355 g/mol. The van der Waals surface area contributed by atoms with Crippen molar-refractivity contribution in [1.82, 2.24) is 19.7 Å². The highest BCUT2D eigenvalue weighted by molar-refractivity contribution is 5.92. The highest BCUT2D eigenvalue weighted by Crippen LogP contribution is 2.40. The van der Waals surface area contributed by atoms with Gasteiger partial charge in [-0.1, -0.05) is 19.3 Å². The lowest BCUT2D eigenvalue weighted by Crippen LogP contribution is -2.26. The van der Waals surface area contributed by atoms with Crippen LogP contribution in [0.3, 0.4) is 0 Å². The molecule has 2 aromatic heterocycles. The Morgan fingerprint density at radius 1 is 1.19 bits per heavy atom. The van der Waals surface area contributed by atoms with Crippen LogP contribution in [-0.4, -0.2) is 25.7 Å². The maximum absolute atomic E-state index is 12.7. The molecule has 2 N–H and O–H groups in total. The van der Waals surface area contributed by atoms with E-state index in [0.29, 0.717) is 28.9 Å². The molecule has 0 bridgehead atoms. The number of aryl methyl sites for hydroxylation is 1. The summed E-state index contributed by atoms with van der Waals surface area (Å²) in [4.78, 5) is 32.1. The summed E-state index contributed by atoms with van der Waals surface area (Å²) in [5, 5.41) is 7.66. The van der Waals surface area contributed by atoms with Crippen LogP contribution in [0.25, 0.3) is 5.95 Å². The fourth-order valence-electron chi connectivity index (χ4n) is 3.55. The molecule has 2 aliphatic rings. The van der Waals surface area contributed by atoms with E-state index in [2.05, 4.69) is 20.4 Å².